The van der Waals surface area contributed by atoms with E-state index in [0.29, 0.717) is 16.5 Å². The van der Waals surface area contributed by atoms with Crippen molar-refractivity contribution in [3.8, 4) is 0 Å². The van der Waals surface area contributed by atoms with Gasteiger partial charge in [-0.05, 0) is 67.1 Å². The first kappa shape index (κ1) is 22.8. The normalized spacial score (nSPS) is 11.1. The van der Waals surface area contributed by atoms with E-state index in [4.69, 9.17) is 23.2 Å². The molecule has 0 aliphatic rings. The SMILES string of the molecule is C=CCN(c1ccc(Cl)cc1)S(=O)(=O)c1ccc(Cl)c(C(=O)Nc2cc(C)ccn2)c1. The van der Waals surface area contributed by atoms with Crippen LogP contribution in [0.3, 0.4) is 0 Å². The second-order valence-electron chi connectivity index (χ2n) is 6.62. The molecule has 3 rings (SSSR count). The molecule has 0 radical (unpaired) electrons. The summed E-state index contributed by atoms with van der Waals surface area (Å²) in [6, 6.07) is 13.8. The molecule has 9 heteroatoms. The Morgan fingerprint density at radius 1 is 1.13 bits per heavy atom. The van der Waals surface area contributed by atoms with Gasteiger partial charge >= 0.3 is 0 Å². The molecule has 1 N–H and O–H groups in total. The maximum absolute atomic E-state index is 13.4. The van der Waals surface area contributed by atoms with Crippen molar-refractivity contribution >= 4 is 50.6 Å². The minimum absolute atomic E-state index is 0.0145. The van der Waals surface area contributed by atoms with Gasteiger partial charge in [-0.3, -0.25) is 9.10 Å². The summed E-state index contributed by atoms with van der Waals surface area (Å²) in [5.74, 6) is -0.231. The molecule has 0 spiro atoms. The molecule has 1 amide bonds. The summed E-state index contributed by atoms with van der Waals surface area (Å²) in [6.45, 7) is 5.53. The average Bonchev–Trinajstić information content (AvgIpc) is 2.73. The zero-order valence-corrected chi connectivity index (χ0v) is 18.9. The van der Waals surface area contributed by atoms with Crippen molar-refractivity contribution in [2.75, 3.05) is 16.2 Å². The number of pyridine rings is 1. The van der Waals surface area contributed by atoms with E-state index in [1.807, 2.05) is 6.92 Å². The quantitative estimate of drug-likeness (QED) is 0.468. The number of rotatable bonds is 7. The molecule has 0 unspecified atom stereocenters. The van der Waals surface area contributed by atoms with Crippen LogP contribution in [0.1, 0.15) is 15.9 Å². The van der Waals surface area contributed by atoms with Crippen LogP contribution in [0.4, 0.5) is 11.5 Å². The third-order valence-electron chi connectivity index (χ3n) is 4.34. The minimum atomic E-state index is -4.02. The van der Waals surface area contributed by atoms with Crippen molar-refractivity contribution in [1.82, 2.24) is 4.98 Å². The van der Waals surface area contributed by atoms with Gasteiger partial charge in [-0.25, -0.2) is 13.4 Å². The second-order valence-corrected chi connectivity index (χ2v) is 9.32. The summed E-state index contributed by atoms with van der Waals surface area (Å²) in [7, 11) is -4.02. The van der Waals surface area contributed by atoms with Crippen LogP contribution in [-0.2, 0) is 10.0 Å². The van der Waals surface area contributed by atoms with Crippen molar-refractivity contribution in [3.63, 3.8) is 0 Å². The van der Waals surface area contributed by atoms with E-state index in [1.54, 1.807) is 42.6 Å². The Balaban J connectivity index is 1.98. The van der Waals surface area contributed by atoms with Crippen molar-refractivity contribution < 1.29 is 13.2 Å². The van der Waals surface area contributed by atoms with Crippen LogP contribution in [-0.4, -0.2) is 25.9 Å². The lowest BCUT2D eigenvalue weighted by molar-refractivity contribution is 0.102. The number of amides is 1. The van der Waals surface area contributed by atoms with Crippen LogP contribution < -0.4 is 9.62 Å². The molecule has 31 heavy (non-hydrogen) atoms. The van der Waals surface area contributed by atoms with E-state index in [-0.39, 0.29) is 22.0 Å². The molecule has 6 nitrogen and oxygen atoms in total. The number of nitrogens with one attached hydrogen (secondary N) is 1. The summed E-state index contributed by atoms with van der Waals surface area (Å²) in [5, 5.41) is 3.24. The fourth-order valence-corrected chi connectivity index (χ4v) is 4.61. The number of carbonyl (C=O) groups excluding carboxylic acids is 1. The number of benzene rings is 2. The number of anilines is 2. The highest BCUT2D eigenvalue weighted by Gasteiger charge is 2.26. The summed E-state index contributed by atoms with van der Waals surface area (Å²) in [5.41, 5.74) is 1.34. The zero-order chi connectivity index (χ0) is 22.6. The number of aryl methyl sites for hydroxylation is 1. The monoisotopic (exact) mass is 475 g/mol. The van der Waals surface area contributed by atoms with Gasteiger partial charge in [-0.15, -0.1) is 6.58 Å². The van der Waals surface area contributed by atoms with Crippen LogP contribution in [0, 0.1) is 6.92 Å². The van der Waals surface area contributed by atoms with Gasteiger partial charge in [0.25, 0.3) is 15.9 Å². The summed E-state index contributed by atoms with van der Waals surface area (Å²) >= 11 is 12.1. The molecule has 0 bridgehead atoms. The van der Waals surface area contributed by atoms with Gasteiger partial charge in [-0.2, -0.15) is 0 Å². The molecule has 160 valence electrons. The van der Waals surface area contributed by atoms with Crippen molar-refractivity contribution in [2.45, 2.75) is 11.8 Å². The topological polar surface area (TPSA) is 79.4 Å². The Morgan fingerprint density at radius 2 is 1.84 bits per heavy atom. The fourth-order valence-electron chi connectivity index (χ4n) is 2.82. The lowest BCUT2D eigenvalue weighted by atomic mass is 10.2. The van der Waals surface area contributed by atoms with Gasteiger partial charge in [0.15, 0.2) is 0 Å². The maximum atomic E-state index is 13.4. The molecular weight excluding hydrogens is 457 g/mol. The lowest BCUT2D eigenvalue weighted by Crippen LogP contribution is -2.31. The van der Waals surface area contributed by atoms with Crippen LogP contribution in [0.15, 0.2) is 78.3 Å². The first-order valence-corrected chi connectivity index (χ1v) is 11.3. The van der Waals surface area contributed by atoms with Crippen LogP contribution in [0.25, 0.3) is 0 Å². The molecule has 3 aromatic rings. The number of hydrogen-bond acceptors (Lipinski definition) is 4. The molecular formula is C22H19Cl2N3O3S. The molecule has 1 heterocycles. The van der Waals surface area contributed by atoms with Gasteiger partial charge in [0, 0.05) is 11.2 Å². The van der Waals surface area contributed by atoms with Gasteiger partial charge in [0.2, 0.25) is 0 Å². The molecule has 0 atom stereocenters. The van der Waals surface area contributed by atoms with E-state index in [2.05, 4.69) is 16.9 Å². The number of halogens is 2. The summed E-state index contributed by atoms with van der Waals surface area (Å²) in [4.78, 5) is 16.7. The molecule has 0 aliphatic heterocycles. The van der Waals surface area contributed by atoms with Gasteiger partial charge in [-0.1, -0.05) is 29.3 Å². The van der Waals surface area contributed by atoms with Crippen molar-refractivity contribution in [1.29, 1.82) is 0 Å². The third kappa shape index (κ3) is 5.25. The summed E-state index contributed by atoms with van der Waals surface area (Å²) < 4.78 is 27.9. The minimum Gasteiger partial charge on any atom is -0.307 e. The fraction of sp³-hybridized carbons (Fsp3) is 0.0909. The molecule has 2 aromatic carbocycles. The standard InChI is InChI=1S/C22H19Cl2N3O3S/c1-3-12-27(17-6-4-16(23)5-7-17)31(29,30)18-8-9-20(24)19(14-18)22(28)26-21-13-15(2)10-11-25-21/h3-11,13-14H,1,12H2,2H3,(H,25,26,28). The largest absolute Gasteiger partial charge is 0.307 e. The van der Waals surface area contributed by atoms with Gasteiger partial charge < -0.3 is 5.32 Å². The Bertz CT molecular complexity index is 1230. The van der Waals surface area contributed by atoms with Crippen molar-refractivity contribution in [3.05, 3.63) is 94.6 Å². The number of nitrogens with zero attached hydrogens (tertiary/aromatic N) is 2. The third-order valence-corrected chi connectivity index (χ3v) is 6.71. The van der Waals surface area contributed by atoms with Gasteiger partial charge in [0.05, 0.1) is 27.7 Å². The van der Waals surface area contributed by atoms with E-state index in [0.717, 1.165) is 5.56 Å². The predicted octanol–water partition coefficient (Wildman–Crippen LogP) is 5.33. The lowest BCUT2D eigenvalue weighted by Gasteiger charge is -2.23. The maximum Gasteiger partial charge on any atom is 0.264 e. The Hall–Kier alpha value is -2.87. The predicted molar refractivity (Wildman–Crippen MR) is 125 cm³/mol. The van der Waals surface area contributed by atoms with Crippen LogP contribution in [0.2, 0.25) is 10.0 Å². The first-order chi connectivity index (χ1) is 14.7. The molecule has 0 aliphatic carbocycles. The highest BCUT2D eigenvalue weighted by molar-refractivity contribution is 7.92. The number of hydrogen-bond donors (Lipinski definition) is 1. The Morgan fingerprint density at radius 3 is 2.48 bits per heavy atom. The number of carbonyl (C=O) groups is 1. The summed E-state index contributed by atoms with van der Waals surface area (Å²) in [6.07, 6.45) is 3.03. The Kier molecular flexibility index (Phi) is 7.00. The van der Waals surface area contributed by atoms with Crippen LogP contribution >= 0.6 is 23.2 Å². The number of aromatic nitrogens is 1. The highest BCUT2D eigenvalue weighted by atomic mass is 35.5. The Labute approximate surface area is 191 Å². The first-order valence-electron chi connectivity index (χ1n) is 9.15. The average molecular weight is 476 g/mol. The molecule has 0 fully saturated rings. The van der Waals surface area contributed by atoms with Crippen LogP contribution in [0.5, 0.6) is 0 Å². The molecule has 0 saturated heterocycles. The van der Waals surface area contributed by atoms with E-state index >= 15 is 0 Å². The molecule has 1 aromatic heterocycles. The smallest absolute Gasteiger partial charge is 0.264 e. The van der Waals surface area contributed by atoms with Gasteiger partial charge in [0.1, 0.15) is 5.82 Å². The van der Waals surface area contributed by atoms with E-state index < -0.39 is 15.9 Å². The van der Waals surface area contributed by atoms with E-state index in [1.165, 1.54) is 28.6 Å². The molecule has 0 saturated carbocycles. The highest BCUT2D eigenvalue weighted by Crippen LogP contribution is 2.28. The van der Waals surface area contributed by atoms with E-state index in [9.17, 15) is 13.2 Å². The number of sulfonamides is 1. The van der Waals surface area contributed by atoms with Crippen molar-refractivity contribution in [2.24, 2.45) is 0 Å². The zero-order valence-electron chi connectivity index (χ0n) is 16.5. The second kappa shape index (κ2) is 9.51.